The van der Waals surface area contributed by atoms with E-state index in [1.165, 1.54) is 0 Å². The van der Waals surface area contributed by atoms with Crippen molar-refractivity contribution in [2.45, 2.75) is 37.6 Å². The second kappa shape index (κ2) is 5.93. The summed E-state index contributed by atoms with van der Waals surface area (Å²) < 4.78 is 36.6. The number of likely N-dealkylation sites (tertiary alicyclic amines) is 1. The molecule has 1 aromatic carbocycles. The lowest BCUT2D eigenvalue weighted by Gasteiger charge is -2.38. The smallest absolute Gasteiger partial charge is 0.261 e. The molecule has 1 heterocycles. The Bertz CT molecular complexity index is 662. The van der Waals surface area contributed by atoms with Crippen molar-refractivity contribution >= 4 is 25.6 Å². The summed E-state index contributed by atoms with van der Waals surface area (Å²) in [5.41, 5.74) is -0.252. The molecule has 0 bridgehead atoms. The van der Waals surface area contributed by atoms with Gasteiger partial charge in [-0.1, -0.05) is 6.92 Å². The summed E-state index contributed by atoms with van der Waals surface area (Å²) in [7, 11) is 1.25. The van der Waals surface area contributed by atoms with Crippen LogP contribution in [0.2, 0.25) is 0 Å². The van der Waals surface area contributed by atoms with E-state index < -0.39 is 20.8 Å². The summed E-state index contributed by atoms with van der Waals surface area (Å²) in [5, 5.41) is 0. The van der Waals surface area contributed by atoms with Gasteiger partial charge in [0.2, 0.25) is 0 Å². The predicted octanol–water partition coefficient (Wildman–Crippen LogP) is 3.01. The topological polar surface area (TPSA) is 54.5 Å². The van der Waals surface area contributed by atoms with Crippen LogP contribution in [-0.2, 0) is 9.05 Å². The molecule has 0 saturated carbocycles. The van der Waals surface area contributed by atoms with Crippen molar-refractivity contribution in [3.8, 4) is 0 Å². The predicted molar refractivity (Wildman–Crippen MR) is 78.3 cm³/mol. The molecule has 116 valence electrons. The number of amides is 1. The van der Waals surface area contributed by atoms with Crippen molar-refractivity contribution in [2.24, 2.45) is 5.92 Å². The zero-order chi connectivity index (χ0) is 15.8. The van der Waals surface area contributed by atoms with E-state index in [1.54, 1.807) is 4.90 Å². The third-order valence-electron chi connectivity index (χ3n) is 4.08. The summed E-state index contributed by atoms with van der Waals surface area (Å²) in [4.78, 5) is 13.8. The van der Waals surface area contributed by atoms with E-state index in [2.05, 4.69) is 0 Å². The number of nitrogens with zero attached hydrogens (tertiary/aromatic N) is 1. The second-order valence-corrected chi connectivity index (χ2v) is 8.00. The molecule has 2 unspecified atom stereocenters. The molecule has 7 heteroatoms. The number of carbonyl (C=O) groups excluding carboxylic acids is 1. The maximum absolute atomic E-state index is 13.9. The average molecular weight is 334 g/mol. The van der Waals surface area contributed by atoms with Crippen LogP contribution < -0.4 is 0 Å². The second-order valence-electron chi connectivity index (χ2n) is 5.44. The molecule has 2 rings (SSSR count). The van der Waals surface area contributed by atoms with Crippen LogP contribution in [-0.4, -0.2) is 31.8 Å². The highest BCUT2D eigenvalue weighted by Gasteiger charge is 2.30. The molecule has 1 aromatic rings. The maximum atomic E-state index is 13.9. The number of benzene rings is 1. The highest BCUT2D eigenvalue weighted by Crippen LogP contribution is 2.26. The Morgan fingerprint density at radius 3 is 2.67 bits per heavy atom. The van der Waals surface area contributed by atoms with Gasteiger partial charge in [-0.3, -0.25) is 4.79 Å². The van der Waals surface area contributed by atoms with Gasteiger partial charge in [-0.2, -0.15) is 0 Å². The van der Waals surface area contributed by atoms with Gasteiger partial charge < -0.3 is 4.90 Å². The first-order valence-corrected chi connectivity index (χ1v) is 9.08. The average Bonchev–Trinajstić information content (AvgIpc) is 2.40. The number of piperidine rings is 1. The van der Waals surface area contributed by atoms with Crippen molar-refractivity contribution in [1.82, 2.24) is 4.90 Å². The lowest BCUT2D eigenvalue weighted by atomic mass is 9.91. The molecule has 0 aliphatic carbocycles. The molecule has 1 amide bonds. The van der Waals surface area contributed by atoms with E-state index in [0.717, 1.165) is 31.0 Å². The molecule has 1 fully saturated rings. The van der Waals surface area contributed by atoms with Gasteiger partial charge in [0.15, 0.2) is 0 Å². The minimum absolute atomic E-state index is 0.0121. The molecule has 1 saturated heterocycles. The molecule has 4 nitrogen and oxygen atoms in total. The Morgan fingerprint density at radius 1 is 1.38 bits per heavy atom. The Kier molecular flexibility index (Phi) is 4.58. The molecule has 0 spiro atoms. The molecule has 21 heavy (non-hydrogen) atoms. The minimum Gasteiger partial charge on any atom is -0.336 e. The minimum atomic E-state index is -4.00. The van der Waals surface area contributed by atoms with Gasteiger partial charge in [0, 0.05) is 23.3 Å². The molecule has 0 radical (unpaired) electrons. The van der Waals surface area contributed by atoms with E-state index in [1.807, 2.05) is 13.8 Å². The number of hydrogen-bond donors (Lipinski definition) is 0. The lowest BCUT2D eigenvalue weighted by molar-refractivity contribution is 0.0546. The Balaban J connectivity index is 2.39. The first-order chi connectivity index (χ1) is 9.71. The molecular weight excluding hydrogens is 317 g/mol. The largest absolute Gasteiger partial charge is 0.336 e. The van der Waals surface area contributed by atoms with Crippen LogP contribution in [0.1, 0.15) is 37.0 Å². The quantitative estimate of drug-likeness (QED) is 0.782. The Hall–Kier alpha value is -1.14. The van der Waals surface area contributed by atoms with Crippen molar-refractivity contribution in [1.29, 1.82) is 0 Å². The van der Waals surface area contributed by atoms with Crippen LogP contribution in [0.25, 0.3) is 0 Å². The molecule has 1 aliphatic heterocycles. The Labute approximate surface area is 128 Å². The first kappa shape index (κ1) is 16.2. The van der Waals surface area contributed by atoms with Crippen LogP contribution in [0.5, 0.6) is 0 Å². The molecule has 1 aliphatic rings. The third kappa shape index (κ3) is 3.37. The van der Waals surface area contributed by atoms with E-state index in [9.17, 15) is 17.6 Å². The van der Waals surface area contributed by atoms with Crippen LogP contribution >= 0.6 is 10.7 Å². The summed E-state index contributed by atoms with van der Waals surface area (Å²) in [6, 6.07) is 3.00. The number of halogens is 2. The summed E-state index contributed by atoms with van der Waals surface area (Å²) >= 11 is 0. The van der Waals surface area contributed by atoms with Gasteiger partial charge in [-0.15, -0.1) is 0 Å². The summed E-state index contributed by atoms with van der Waals surface area (Å²) in [6.07, 6.45) is 1.87. The molecule has 0 aromatic heterocycles. The normalized spacial score (nSPS) is 23.1. The number of rotatable bonds is 2. The van der Waals surface area contributed by atoms with Gasteiger partial charge in [0.25, 0.3) is 15.0 Å². The van der Waals surface area contributed by atoms with Gasteiger partial charge in [-0.25, -0.2) is 12.8 Å². The van der Waals surface area contributed by atoms with E-state index in [0.29, 0.717) is 12.5 Å². The van der Waals surface area contributed by atoms with Gasteiger partial charge in [0.1, 0.15) is 5.82 Å². The molecule has 0 N–H and O–H groups in total. The van der Waals surface area contributed by atoms with Gasteiger partial charge in [0.05, 0.1) is 10.5 Å². The molecule has 2 atom stereocenters. The first-order valence-electron chi connectivity index (χ1n) is 6.77. The SMILES string of the molecule is CC1CCCN(C(=O)c2cc(S(=O)(=O)Cl)ccc2F)C1C. The van der Waals surface area contributed by atoms with E-state index >= 15 is 0 Å². The summed E-state index contributed by atoms with van der Waals surface area (Å²) in [5.74, 6) is -0.908. The van der Waals surface area contributed by atoms with Crippen LogP contribution in [0.4, 0.5) is 4.39 Å². The zero-order valence-electron chi connectivity index (χ0n) is 11.8. The number of hydrogen-bond acceptors (Lipinski definition) is 3. The van der Waals surface area contributed by atoms with Crippen molar-refractivity contribution < 1.29 is 17.6 Å². The third-order valence-corrected chi connectivity index (χ3v) is 5.44. The van der Waals surface area contributed by atoms with E-state index in [-0.39, 0.29) is 16.5 Å². The van der Waals surface area contributed by atoms with Crippen molar-refractivity contribution in [2.75, 3.05) is 6.54 Å². The zero-order valence-corrected chi connectivity index (χ0v) is 13.4. The summed E-state index contributed by atoms with van der Waals surface area (Å²) in [6.45, 7) is 4.50. The lowest BCUT2D eigenvalue weighted by Crippen LogP contribution is -2.46. The van der Waals surface area contributed by atoms with Crippen LogP contribution in [0.3, 0.4) is 0 Å². The van der Waals surface area contributed by atoms with E-state index in [4.69, 9.17) is 10.7 Å². The highest BCUT2D eigenvalue weighted by atomic mass is 35.7. The Morgan fingerprint density at radius 2 is 2.05 bits per heavy atom. The van der Waals surface area contributed by atoms with Crippen molar-refractivity contribution in [3.63, 3.8) is 0 Å². The fraction of sp³-hybridized carbons (Fsp3) is 0.500. The fourth-order valence-electron chi connectivity index (χ4n) is 2.60. The molecular formula is C14H17ClFNO3S. The fourth-order valence-corrected chi connectivity index (χ4v) is 3.37. The standard InChI is InChI=1S/C14H17ClFNO3S/c1-9-4-3-7-17(10(9)2)14(18)12-8-11(21(15,19)20)5-6-13(12)16/h5-6,8-10H,3-4,7H2,1-2H3. The van der Waals surface area contributed by atoms with Crippen LogP contribution in [0, 0.1) is 11.7 Å². The van der Waals surface area contributed by atoms with Crippen molar-refractivity contribution in [3.05, 3.63) is 29.6 Å². The monoisotopic (exact) mass is 333 g/mol. The maximum Gasteiger partial charge on any atom is 0.261 e. The van der Waals surface area contributed by atoms with Crippen LogP contribution in [0.15, 0.2) is 23.1 Å². The van der Waals surface area contributed by atoms with Gasteiger partial charge in [-0.05, 0) is 43.9 Å². The number of carbonyl (C=O) groups is 1. The van der Waals surface area contributed by atoms with Gasteiger partial charge >= 0.3 is 0 Å². The highest BCUT2D eigenvalue weighted by molar-refractivity contribution is 8.13.